The molecule has 0 bridgehead atoms. The Hall–Kier alpha value is -1.36. The fourth-order valence-electron chi connectivity index (χ4n) is 1.24. The second kappa shape index (κ2) is 4.87. The number of esters is 1. The van der Waals surface area contributed by atoms with Crippen LogP contribution in [0.25, 0.3) is 0 Å². The van der Waals surface area contributed by atoms with Crippen LogP contribution in [-0.4, -0.2) is 28.9 Å². The van der Waals surface area contributed by atoms with Crippen molar-refractivity contribution in [2.45, 2.75) is 32.5 Å². The van der Waals surface area contributed by atoms with Crippen LogP contribution in [0.5, 0.6) is 0 Å². The normalized spacial score (nSPS) is 20.5. The van der Waals surface area contributed by atoms with Gasteiger partial charge in [0.05, 0.1) is 10.4 Å². The standard InChI is InChI=1S/C12H13FO3S/c1-12(2,3)16-11(15)8-5-4-7(6-14)10(17)9(8)13/h4-6,9H,1-3H3. The molecule has 0 saturated carbocycles. The molecule has 3 nitrogen and oxygen atoms in total. The van der Waals surface area contributed by atoms with Gasteiger partial charge in [-0.15, -0.1) is 0 Å². The number of ether oxygens (including phenoxy) is 1. The van der Waals surface area contributed by atoms with Crippen LogP contribution >= 0.6 is 12.2 Å². The van der Waals surface area contributed by atoms with Gasteiger partial charge in [0, 0.05) is 5.57 Å². The van der Waals surface area contributed by atoms with E-state index in [2.05, 4.69) is 0 Å². The highest BCUT2D eigenvalue weighted by atomic mass is 32.1. The minimum Gasteiger partial charge on any atom is -0.457 e. The smallest absolute Gasteiger partial charge is 0.337 e. The second-order valence-electron chi connectivity index (χ2n) is 4.59. The molecule has 1 atom stereocenters. The second-order valence-corrected chi connectivity index (χ2v) is 5.03. The molecule has 92 valence electrons. The van der Waals surface area contributed by atoms with E-state index in [9.17, 15) is 14.0 Å². The number of hydrogen-bond acceptors (Lipinski definition) is 4. The van der Waals surface area contributed by atoms with Crippen LogP contribution in [-0.2, 0) is 14.3 Å². The van der Waals surface area contributed by atoms with Crippen molar-refractivity contribution >= 4 is 29.3 Å². The van der Waals surface area contributed by atoms with Gasteiger partial charge in [0.15, 0.2) is 12.5 Å². The Balaban J connectivity index is 2.96. The Morgan fingerprint density at radius 2 is 2.06 bits per heavy atom. The van der Waals surface area contributed by atoms with Crippen molar-refractivity contribution in [3.63, 3.8) is 0 Å². The van der Waals surface area contributed by atoms with Crippen molar-refractivity contribution in [3.8, 4) is 0 Å². The molecule has 0 fully saturated rings. The molecule has 0 heterocycles. The van der Waals surface area contributed by atoms with Crippen LogP contribution in [0.15, 0.2) is 23.3 Å². The lowest BCUT2D eigenvalue weighted by atomic mass is 9.97. The van der Waals surface area contributed by atoms with E-state index in [-0.39, 0.29) is 16.0 Å². The van der Waals surface area contributed by atoms with Gasteiger partial charge in [-0.05, 0) is 32.9 Å². The predicted octanol–water partition coefficient (Wildman–Crippen LogP) is 2.10. The van der Waals surface area contributed by atoms with Gasteiger partial charge in [0.1, 0.15) is 5.60 Å². The first kappa shape index (κ1) is 13.7. The van der Waals surface area contributed by atoms with Crippen LogP contribution in [0.1, 0.15) is 20.8 Å². The molecule has 1 aliphatic rings. The summed E-state index contributed by atoms with van der Waals surface area (Å²) in [5.74, 6) is -0.756. The summed E-state index contributed by atoms with van der Waals surface area (Å²) in [6, 6.07) is 0. The Morgan fingerprint density at radius 1 is 1.47 bits per heavy atom. The summed E-state index contributed by atoms with van der Waals surface area (Å²) >= 11 is 4.76. The number of aldehydes is 1. The maximum Gasteiger partial charge on any atom is 0.337 e. The molecule has 1 rings (SSSR count). The molecule has 0 N–H and O–H groups in total. The summed E-state index contributed by atoms with van der Waals surface area (Å²) in [7, 11) is 0. The van der Waals surface area contributed by atoms with Gasteiger partial charge < -0.3 is 4.74 Å². The zero-order chi connectivity index (χ0) is 13.2. The van der Waals surface area contributed by atoms with E-state index in [1.165, 1.54) is 12.2 Å². The average molecular weight is 256 g/mol. The maximum atomic E-state index is 13.8. The number of carbonyl (C=O) groups excluding carboxylic acids is 2. The molecule has 0 saturated heterocycles. The Labute approximate surface area is 104 Å². The molecule has 0 spiro atoms. The Morgan fingerprint density at radius 3 is 2.53 bits per heavy atom. The van der Waals surface area contributed by atoms with E-state index in [4.69, 9.17) is 17.0 Å². The third-order valence-electron chi connectivity index (χ3n) is 1.99. The highest BCUT2D eigenvalue weighted by Crippen LogP contribution is 2.22. The van der Waals surface area contributed by atoms with Crippen LogP contribution in [0.4, 0.5) is 4.39 Å². The lowest BCUT2D eigenvalue weighted by molar-refractivity contribution is -0.150. The SMILES string of the molecule is CC(C)(C)OC(=O)C1=CC=C(C=O)C(=S)C1F. The molecule has 17 heavy (non-hydrogen) atoms. The van der Waals surface area contributed by atoms with Crippen molar-refractivity contribution in [2.24, 2.45) is 0 Å². The minimum absolute atomic E-state index is 0.0832. The molecule has 1 aliphatic carbocycles. The molecule has 0 aromatic carbocycles. The predicted molar refractivity (Wildman–Crippen MR) is 65.6 cm³/mol. The largest absolute Gasteiger partial charge is 0.457 e. The maximum absolute atomic E-state index is 13.8. The van der Waals surface area contributed by atoms with Gasteiger partial charge >= 0.3 is 5.97 Å². The van der Waals surface area contributed by atoms with E-state index in [0.29, 0.717) is 6.29 Å². The molecule has 0 amide bonds. The monoisotopic (exact) mass is 256 g/mol. The van der Waals surface area contributed by atoms with Crippen LogP contribution in [0, 0.1) is 0 Å². The van der Waals surface area contributed by atoms with Crippen LogP contribution in [0.3, 0.4) is 0 Å². The van der Waals surface area contributed by atoms with Crippen LogP contribution < -0.4 is 0 Å². The lowest BCUT2D eigenvalue weighted by Crippen LogP contribution is -2.32. The summed E-state index contributed by atoms with van der Waals surface area (Å²) in [4.78, 5) is 22.0. The summed E-state index contributed by atoms with van der Waals surface area (Å²) < 4.78 is 18.8. The van der Waals surface area contributed by atoms with Gasteiger partial charge in [0.25, 0.3) is 0 Å². The first-order chi connectivity index (χ1) is 7.76. The molecule has 0 radical (unpaired) electrons. The first-order valence-corrected chi connectivity index (χ1v) is 5.46. The lowest BCUT2D eigenvalue weighted by Gasteiger charge is -2.23. The molecule has 0 aromatic rings. The van der Waals surface area contributed by atoms with E-state index in [1.807, 2.05) is 0 Å². The number of alkyl halides is 1. The van der Waals surface area contributed by atoms with Crippen molar-refractivity contribution < 1.29 is 18.7 Å². The number of carbonyl (C=O) groups is 2. The van der Waals surface area contributed by atoms with Gasteiger partial charge in [-0.3, -0.25) is 4.79 Å². The number of halogens is 1. The van der Waals surface area contributed by atoms with Crippen molar-refractivity contribution in [1.82, 2.24) is 0 Å². The molecule has 5 heteroatoms. The Kier molecular flexibility index (Phi) is 3.93. The van der Waals surface area contributed by atoms with E-state index >= 15 is 0 Å². The van der Waals surface area contributed by atoms with E-state index < -0.39 is 17.7 Å². The van der Waals surface area contributed by atoms with Crippen molar-refractivity contribution in [3.05, 3.63) is 23.3 Å². The number of thiocarbonyl (C=S) groups is 1. The molecule has 0 aliphatic heterocycles. The van der Waals surface area contributed by atoms with Gasteiger partial charge in [0.2, 0.25) is 0 Å². The Bertz CT molecular complexity index is 430. The third-order valence-corrected chi connectivity index (χ3v) is 2.43. The topological polar surface area (TPSA) is 43.4 Å². The fourth-order valence-corrected chi connectivity index (χ4v) is 1.48. The summed E-state index contributed by atoms with van der Waals surface area (Å²) in [6.07, 6.45) is 1.27. The molecule has 0 aromatic heterocycles. The highest BCUT2D eigenvalue weighted by Gasteiger charge is 2.31. The van der Waals surface area contributed by atoms with E-state index in [1.54, 1.807) is 20.8 Å². The fraction of sp³-hybridized carbons (Fsp3) is 0.417. The zero-order valence-electron chi connectivity index (χ0n) is 9.82. The minimum atomic E-state index is -1.76. The zero-order valence-corrected chi connectivity index (χ0v) is 10.6. The van der Waals surface area contributed by atoms with Crippen molar-refractivity contribution in [1.29, 1.82) is 0 Å². The number of rotatable bonds is 2. The number of hydrogen-bond donors (Lipinski definition) is 0. The summed E-state index contributed by atoms with van der Waals surface area (Å²) in [5, 5.41) is 0. The highest BCUT2D eigenvalue weighted by molar-refractivity contribution is 7.81. The molecular formula is C12H13FO3S. The third kappa shape index (κ3) is 3.30. The van der Waals surface area contributed by atoms with E-state index in [0.717, 1.165) is 0 Å². The summed E-state index contributed by atoms with van der Waals surface area (Å²) in [6.45, 7) is 5.06. The quantitative estimate of drug-likeness (QED) is 0.431. The average Bonchev–Trinajstić information content (AvgIpc) is 2.19. The first-order valence-electron chi connectivity index (χ1n) is 5.05. The number of allylic oxidation sites excluding steroid dienone is 3. The van der Waals surface area contributed by atoms with Gasteiger partial charge in [-0.25, -0.2) is 9.18 Å². The van der Waals surface area contributed by atoms with Crippen molar-refractivity contribution in [2.75, 3.05) is 0 Å². The molecule has 1 unspecified atom stereocenters. The van der Waals surface area contributed by atoms with Gasteiger partial charge in [-0.2, -0.15) is 0 Å². The summed E-state index contributed by atoms with van der Waals surface area (Å²) in [5.41, 5.74) is -0.788. The van der Waals surface area contributed by atoms with Gasteiger partial charge in [-0.1, -0.05) is 12.2 Å². The van der Waals surface area contributed by atoms with Crippen LogP contribution in [0.2, 0.25) is 0 Å². The molecular weight excluding hydrogens is 243 g/mol.